The number of hydrogen-bond donors (Lipinski definition) is 0. The van der Waals surface area contributed by atoms with E-state index in [1.165, 1.54) is 11.3 Å². The van der Waals surface area contributed by atoms with Crippen molar-refractivity contribution in [1.29, 1.82) is 5.26 Å². The first kappa shape index (κ1) is 15.8. The number of nitriles is 1. The normalized spacial score (nSPS) is 17.6. The standard InChI is InChI=1S/C15H21N3O2S/c1-11(2)13(9-16)17-4-6-18(7-5-17)15(19)14-8-12(20-3)10-21-14/h8,10-11,13H,4-7H2,1-3H3/t13-/m1/s1. The lowest BCUT2D eigenvalue weighted by Crippen LogP contribution is -2.52. The number of ether oxygens (including phenoxy) is 1. The van der Waals surface area contributed by atoms with Crippen LogP contribution in [-0.4, -0.2) is 55.0 Å². The summed E-state index contributed by atoms with van der Waals surface area (Å²) in [6.07, 6.45) is 0. The lowest BCUT2D eigenvalue weighted by molar-refractivity contribution is 0.0581. The summed E-state index contributed by atoms with van der Waals surface area (Å²) in [5, 5.41) is 11.1. The second-order valence-corrected chi connectivity index (χ2v) is 6.41. The minimum absolute atomic E-state index is 0.0565. The van der Waals surface area contributed by atoms with Gasteiger partial charge in [-0.15, -0.1) is 11.3 Å². The van der Waals surface area contributed by atoms with E-state index in [0.717, 1.165) is 18.8 Å². The van der Waals surface area contributed by atoms with Gasteiger partial charge in [0.1, 0.15) is 11.8 Å². The highest BCUT2D eigenvalue weighted by Crippen LogP contribution is 2.23. The predicted octanol–water partition coefficient (Wildman–Crippen LogP) is 2.06. The van der Waals surface area contributed by atoms with Crippen LogP contribution in [0.1, 0.15) is 23.5 Å². The third-order valence-corrected chi connectivity index (χ3v) is 4.68. The molecule has 1 aliphatic rings. The molecule has 1 fully saturated rings. The van der Waals surface area contributed by atoms with Crippen LogP contribution in [0.25, 0.3) is 0 Å². The van der Waals surface area contributed by atoms with E-state index in [1.54, 1.807) is 13.2 Å². The van der Waals surface area contributed by atoms with Crippen LogP contribution in [0.5, 0.6) is 5.75 Å². The van der Waals surface area contributed by atoms with Gasteiger partial charge >= 0.3 is 0 Å². The SMILES string of the molecule is COc1csc(C(=O)N2CCN([C@H](C#N)C(C)C)CC2)c1. The summed E-state index contributed by atoms with van der Waals surface area (Å²) in [4.78, 5) is 17.1. The molecule has 0 aliphatic carbocycles. The fourth-order valence-corrected chi connectivity index (χ4v) is 3.37. The Kier molecular flexibility index (Phi) is 5.21. The van der Waals surface area contributed by atoms with E-state index < -0.39 is 0 Å². The zero-order valence-corrected chi connectivity index (χ0v) is 13.5. The largest absolute Gasteiger partial charge is 0.496 e. The van der Waals surface area contributed by atoms with Crippen molar-refractivity contribution in [2.75, 3.05) is 33.3 Å². The molecule has 1 amide bonds. The molecule has 5 nitrogen and oxygen atoms in total. The highest BCUT2D eigenvalue weighted by Gasteiger charge is 2.28. The molecular formula is C15H21N3O2S. The minimum Gasteiger partial charge on any atom is -0.496 e. The molecule has 114 valence electrons. The van der Waals surface area contributed by atoms with Crippen molar-refractivity contribution in [3.05, 3.63) is 16.3 Å². The highest BCUT2D eigenvalue weighted by molar-refractivity contribution is 7.12. The van der Waals surface area contributed by atoms with Crippen molar-refractivity contribution in [3.8, 4) is 11.8 Å². The lowest BCUT2D eigenvalue weighted by atomic mass is 10.0. The quantitative estimate of drug-likeness (QED) is 0.854. The maximum absolute atomic E-state index is 12.4. The van der Waals surface area contributed by atoms with Crippen LogP contribution in [0.3, 0.4) is 0 Å². The van der Waals surface area contributed by atoms with Crippen LogP contribution in [0.2, 0.25) is 0 Å². The maximum atomic E-state index is 12.4. The van der Waals surface area contributed by atoms with E-state index in [1.807, 2.05) is 10.3 Å². The Morgan fingerprint density at radius 1 is 1.38 bits per heavy atom. The van der Waals surface area contributed by atoms with Crippen LogP contribution < -0.4 is 4.74 Å². The summed E-state index contributed by atoms with van der Waals surface area (Å²) in [6, 6.07) is 4.08. The number of carbonyl (C=O) groups is 1. The maximum Gasteiger partial charge on any atom is 0.264 e. The smallest absolute Gasteiger partial charge is 0.264 e. The number of thiophene rings is 1. The Morgan fingerprint density at radius 3 is 2.52 bits per heavy atom. The van der Waals surface area contributed by atoms with Crippen LogP contribution in [0.4, 0.5) is 0 Å². The third kappa shape index (κ3) is 3.55. The Balaban J connectivity index is 1.94. The number of amides is 1. The van der Waals surface area contributed by atoms with E-state index in [0.29, 0.717) is 23.9 Å². The second kappa shape index (κ2) is 6.92. The molecule has 2 heterocycles. The van der Waals surface area contributed by atoms with E-state index in [2.05, 4.69) is 24.8 Å². The molecule has 1 aromatic rings. The Hall–Kier alpha value is -1.58. The number of hydrogen-bond acceptors (Lipinski definition) is 5. The van der Waals surface area contributed by atoms with Gasteiger partial charge in [-0.2, -0.15) is 5.26 Å². The van der Waals surface area contributed by atoms with E-state index in [-0.39, 0.29) is 11.9 Å². The fraction of sp³-hybridized carbons (Fsp3) is 0.600. The molecule has 1 aromatic heterocycles. The Bertz CT molecular complexity index is 527. The highest BCUT2D eigenvalue weighted by atomic mass is 32.1. The van der Waals surface area contributed by atoms with Gasteiger partial charge in [0.25, 0.3) is 5.91 Å². The zero-order chi connectivity index (χ0) is 15.4. The molecule has 0 aromatic carbocycles. The zero-order valence-electron chi connectivity index (χ0n) is 12.7. The van der Waals surface area contributed by atoms with Gasteiger partial charge in [-0.3, -0.25) is 9.69 Å². The van der Waals surface area contributed by atoms with Crippen LogP contribution in [0.15, 0.2) is 11.4 Å². The molecule has 0 bridgehead atoms. The second-order valence-electron chi connectivity index (χ2n) is 5.50. The first-order chi connectivity index (χ1) is 10.1. The first-order valence-corrected chi connectivity index (χ1v) is 8.00. The summed E-state index contributed by atoms with van der Waals surface area (Å²) < 4.78 is 5.12. The molecule has 1 saturated heterocycles. The molecule has 6 heteroatoms. The van der Waals surface area contributed by atoms with Gasteiger partial charge in [0.15, 0.2) is 0 Å². The van der Waals surface area contributed by atoms with Crippen molar-refractivity contribution in [3.63, 3.8) is 0 Å². The van der Waals surface area contributed by atoms with Gasteiger partial charge in [-0.1, -0.05) is 13.8 Å². The lowest BCUT2D eigenvalue weighted by Gasteiger charge is -2.37. The molecule has 0 radical (unpaired) electrons. The van der Waals surface area contributed by atoms with Crippen molar-refractivity contribution < 1.29 is 9.53 Å². The van der Waals surface area contributed by atoms with Gasteiger partial charge in [0, 0.05) is 37.6 Å². The minimum atomic E-state index is -0.0657. The summed E-state index contributed by atoms with van der Waals surface area (Å²) in [7, 11) is 1.60. The summed E-state index contributed by atoms with van der Waals surface area (Å²) >= 11 is 1.41. The van der Waals surface area contributed by atoms with Gasteiger partial charge in [0.2, 0.25) is 0 Å². The van der Waals surface area contributed by atoms with Gasteiger partial charge in [-0.05, 0) is 5.92 Å². The monoisotopic (exact) mass is 307 g/mol. The molecule has 0 unspecified atom stereocenters. The average molecular weight is 307 g/mol. The van der Waals surface area contributed by atoms with E-state index in [4.69, 9.17) is 4.74 Å². The molecule has 0 N–H and O–H groups in total. The number of nitrogens with zero attached hydrogens (tertiary/aromatic N) is 3. The molecule has 1 aliphatic heterocycles. The molecule has 21 heavy (non-hydrogen) atoms. The van der Waals surface area contributed by atoms with Crippen molar-refractivity contribution >= 4 is 17.2 Å². The molecule has 0 saturated carbocycles. The van der Waals surface area contributed by atoms with Crippen LogP contribution in [0, 0.1) is 17.2 Å². The molecule has 0 spiro atoms. The van der Waals surface area contributed by atoms with Crippen molar-refractivity contribution in [2.45, 2.75) is 19.9 Å². The summed E-state index contributed by atoms with van der Waals surface area (Å²) in [5.74, 6) is 1.09. The van der Waals surface area contributed by atoms with Gasteiger partial charge in [-0.25, -0.2) is 0 Å². The van der Waals surface area contributed by atoms with Crippen LogP contribution >= 0.6 is 11.3 Å². The number of carbonyl (C=O) groups excluding carboxylic acids is 1. The topological polar surface area (TPSA) is 56.6 Å². The predicted molar refractivity (Wildman–Crippen MR) is 82.6 cm³/mol. The van der Waals surface area contributed by atoms with E-state index in [9.17, 15) is 10.1 Å². The third-order valence-electron chi connectivity index (χ3n) is 3.78. The number of piperazine rings is 1. The molecular weight excluding hydrogens is 286 g/mol. The van der Waals surface area contributed by atoms with Gasteiger partial charge < -0.3 is 9.64 Å². The van der Waals surface area contributed by atoms with Gasteiger partial charge in [0.05, 0.1) is 18.1 Å². The average Bonchev–Trinajstić information content (AvgIpc) is 2.96. The summed E-state index contributed by atoms with van der Waals surface area (Å²) in [6.45, 7) is 6.97. The van der Waals surface area contributed by atoms with Crippen molar-refractivity contribution in [1.82, 2.24) is 9.80 Å². The Labute approximate surface area is 129 Å². The number of rotatable bonds is 4. The molecule has 1 atom stereocenters. The summed E-state index contributed by atoms with van der Waals surface area (Å²) in [5.41, 5.74) is 0. The fourth-order valence-electron chi connectivity index (χ4n) is 2.55. The van der Waals surface area contributed by atoms with E-state index >= 15 is 0 Å². The first-order valence-electron chi connectivity index (χ1n) is 7.12. The molecule has 2 rings (SSSR count). The Morgan fingerprint density at radius 2 is 2.05 bits per heavy atom. The van der Waals surface area contributed by atoms with Crippen LogP contribution in [-0.2, 0) is 0 Å². The number of methoxy groups -OCH3 is 1. The van der Waals surface area contributed by atoms with Crippen molar-refractivity contribution in [2.24, 2.45) is 5.92 Å².